The Labute approximate surface area is 168 Å². The van der Waals surface area contributed by atoms with E-state index in [2.05, 4.69) is 20.2 Å². The molecule has 4 heterocycles. The van der Waals surface area contributed by atoms with Crippen LogP contribution >= 0.6 is 11.3 Å². The van der Waals surface area contributed by atoms with Crippen molar-refractivity contribution in [2.45, 2.75) is 38.6 Å². The summed E-state index contributed by atoms with van der Waals surface area (Å²) in [6, 6.07) is 5.24. The van der Waals surface area contributed by atoms with Crippen LogP contribution in [0.1, 0.15) is 46.7 Å². The number of thiazole rings is 1. The van der Waals surface area contributed by atoms with E-state index in [4.69, 9.17) is 0 Å². The summed E-state index contributed by atoms with van der Waals surface area (Å²) in [6.45, 7) is 3.79. The second-order valence-corrected chi connectivity index (χ2v) is 8.40. The average molecular weight is 400 g/mol. The molecule has 1 N–H and O–H groups in total. The molecule has 2 aliphatic rings. The van der Waals surface area contributed by atoms with Crippen molar-refractivity contribution in [2.75, 3.05) is 31.5 Å². The summed E-state index contributed by atoms with van der Waals surface area (Å²) in [4.78, 5) is 38.9. The lowest BCUT2D eigenvalue weighted by molar-refractivity contribution is -0.132. The predicted octanol–water partition coefficient (Wildman–Crippen LogP) is 2.55. The fourth-order valence-corrected chi connectivity index (χ4v) is 4.75. The molecule has 2 aromatic rings. The second kappa shape index (κ2) is 8.79. The fraction of sp³-hybridized carbons (Fsp3) is 0.500. The van der Waals surface area contributed by atoms with Gasteiger partial charge < -0.3 is 4.90 Å². The third-order valence-electron chi connectivity index (χ3n) is 5.25. The fourth-order valence-electron chi connectivity index (χ4n) is 3.71. The van der Waals surface area contributed by atoms with Crippen molar-refractivity contribution in [3.05, 3.63) is 40.7 Å². The molecule has 0 unspecified atom stereocenters. The summed E-state index contributed by atoms with van der Waals surface area (Å²) >= 11 is 1.49. The molecule has 0 atom stereocenters. The van der Waals surface area contributed by atoms with Crippen LogP contribution < -0.4 is 5.32 Å². The van der Waals surface area contributed by atoms with Crippen LogP contribution in [-0.4, -0.2) is 57.8 Å². The molecule has 4 rings (SSSR count). The summed E-state index contributed by atoms with van der Waals surface area (Å²) < 4.78 is 0. The molecule has 148 valence electrons. The number of carbonyl (C=O) groups excluding carboxylic acids is 2. The summed E-state index contributed by atoms with van der Waals surface area (Å²) in [5.41, 5.74) is 1.40. The Morgan fingerprint density at radius 1 is 1.11 bits per heavy atom. The van der Waals surface area contributed by atoms with E-state index >= 15 is 0 Å². The first-order valence-electron chi connectivity index (χ1n) is 9.90. The van der Waals surface area contributed by atoms with Gasteiger partial charge in [0.2, 0.25) is 5.91 Å². The minimum Gasteiger partial charge on any atom is -0.342 e. The zero-order valence-electron chi connectivity index (χ0n) is 15.9. The maximum Gasteiger partial charge on any atom is 0.276 e. The first-order valence-corrected chi connectivity index (χ1v) is 10.7. The normalized spacial score (nSPS) is 17.6. The van der Waals surface area contributed by atoms with Crippen molar-refractivity contribution in [1.29, 1.82) is 0 Å². The Kier molecular flexibility index (Phi) is 5.97. The Morgan fingerprint density at radius 3 is 2.68 bits per heavy atom. The van der Waals surface area contributed by atoms with Gasteiger partial charge in [-0.15, -0.1) is 11.3 Å². The SMILES string of the molecule is O=C(Nc1nc2c(s1)CN(CC(=O)N1CCCCCC1)CC2)c1ccccn1. The molecule has 0 spiro atoms. The van der Waals surface area contributed by atoms with Gasteiger partial charge in [0.05, 0.1) is 12.2 Å². The maximum atomic E-state index is 12.6. The highest BCUT2D eigenvalue weighted by molar-refractivity contribution is 7.15. The van der Waals surface area contributed by atoms with Gasteiger partial charge in [-0.25, -0.2) is 4.98 Å². The molecule has 0 aromatic carbocycles. The Bertz CT molecular complexity index is 830. The van der Waals surface area contributed by atoms with Crippen molar-refractivity contribution in [2.24, 2.45) is 0 Å². The Hall–Kier alpha value is -2.32. The zero-order valence-corrected chi connectivity index (χ0v) is 16.7. The van der Waals surface area contributed by atoms with Crippen LogP contribution in [-0.2, 0) is 17.8 Å². The molecule has 2 amide bonds. The van der Waals surface area contributed by atoms with E-state index in [0.29, 0.717) is 23.9 Å². The summed E-state index contributed by atoms with van der Waals surface area (Å²) in [7, 11) is 0. The highest BCUT2D eigenvalue weighted by Crippen LogP contribution is 2.28. The topological polar surface area (TPSA) is 78.4 Å². The number of anilines is 1. The largest absolute Gasteiger partial charge is 0.342 e. The summed E-state index contributed by atoms with van der Waals surface area (Å²) in [5.74, 6) is -0.0153. The zero-order chi connectivity index (χ0) is 19.3. The van der Waals surface area contributed by atoms with Gasteiger partial charge in [0.25, 0.3) is 5.91 Å². The van der Waals surface area contributed by atoms with Crippen molar-refractivity contribution in [1.82, 2.24) is 19.8 Å². The van der Waals surface area contributed by atoms with E-state index < -0.39 is 0 Å². The molecule has 28 heavy (non-hydrogen) atoms. The lowest BCUT2D eigenvalue weighted by Crippen LogP contribution is -2.42. The number of amides is 2. The molecular weight excluding hydrogens is 374 g/mol. The van der Waals surface area contributed by atoms with E-state index in [1.807, 2.05) is 4.90 Å². The van der Waals surface area contributed by atoms with Crippen LogP contribution in [0, 0.1) is 0 Å². The van der Waals surface area contributed by atoms with Gasteiger partial charge in [0.15, 0.2) is 5.13 Å². The summed E-state index contributed by atoms with van der Waals surface area (Å²) in [6.07, 6.45) is 7.09. The highest BCUT2D eigenvalue weighted by Gasteiger charge is 2.25. The minimum absolute atomic E-state index is 0.235. The van der Waals surface area contributed by atoms with E-state index in [9.17, 15) is 9.59 Å². The quantitative estimate of drug-likeness (QED) is 0.855. The predicted molar refractivity (Wildman–Crippen MR) is 108 cm³/mol. The third-order valence-corrected chi connectivity index (χ3v) is 6.24. The van der Waals surface area contributed by atoms with Crippen molar-refractivity contribution in [3.8, 4) is 0 Å². The van der Waals surface area contributed by atoms with E-state index in [1.54, 1.807) is 24.4 Å². The number of hydrogen-bond acceptors (Lipinski definition) is 6. The second-order valence-electron chi connectivity index (χ2n) is 7.31. The minimum atomic E-state index is -0.250. The number of rotatable bonds is 4. The molecule has 2 aliphatic heterocycles. The number of carbonyl (C=O) groups is 2. The molecule has 7 nitrogen and oxygen atoms in total. The molecule has 1 saturated heterocycles. The van der Waals surface area contributed by atoms with Gasteiger partial charge in [0.1, 0.15) is 5.69 Å². The molecule has 0 aliphatic carbocycles. The van der Waals surface area contributed by atoms with Crippen molar-refractivity contribution in [3.63, 3.8) is 0 Å². The smallest absolute Gasteiger partial charge is 0.276 e. The first kappa shape index (κ1) is 19.0. The van der Waals surface area contributed by atoms with Crippen LogP contribution in [0.4, 0.5) is 5.13 Å². The van der Waals surface area contributed by atoms with Gasteiger partial charge in [0, 0.05) is 43.7 Å². The van der Waals surface area contributed by atoms with Crippen LogP contribution in [0.3, 0.4) is 0 Å². The number of aromatic nitrogens is 2. The summed E-state index contributed by atoms with van der Waals surface area (Å²) in [5, 5.41) is 3.44. The van der Waals surface area contributed by atoms with Gasteiger partial charge in [-0.2, -0.15) is 0 Å². The Morgan fingerprint density at radius 2 is 1.93 bits per heavy atom. The molecule has 0 radical (unpaired) electrons. The molecular formula is C20H25N5O2S. The molecule has 0 saturated carbocycles. The van der Waals surface area contributed by atoms with Crippen LogP contribution in [0.25, 0.3) is 0 Å². The van der Waals surface area contributed by atoms with Crippen molar-refractivity contribution < 1.29 is 9.59 Å². The Balaban J connectivity index is 1.35. The lowest BCUT2D eigenvalue weighted by atomic mass is 10.2. The average Bonchev–Trinajstić information content (AvgIpc) is 2.91. The molecule has 0 bridgehead atoms. The number of pyridine rings is 1. The lowest BCUT2D eigenvalue weighted by Gasteiger charge is -2.28. The van der Waals surface area contributed by atoms with Crippen LogP contribution in [0.5, 0.6) is 0 Å². The van der Waals surface area contributed by atoms with Gasteiger partial charge >= 0.3 is 0 Å². The van der Waals surface area contributed by atoms with Gasteiger partial charge in [-0.1, -0.05) is 18.9 Å². The van der Waals surface area contributed by atoms with Gasteiger partial charge in [-0.3, -0.25) is 24.8 Å². The van der Waals surface area contributed by atoms with Crippen LogP contribution in [0.2, 0.25) is 0 Å². The first-order chi connectivity index (χ1) is 13.7. The van der Waals surface area contributed by atoms with Gasteiger partial charge in [-0.05, 0) is 25.0 Å². The highest BCUT2D eigenvalue weighted by atomic mass is 32.1. The standard InChI is InChI=1S/C20H25N5O2S/c26-18(25-10-5-1-2-6-11-25)14-24-12-8-15-17(13-24)28-20(22-15)23-19(27)16-7-3-4-9-21-16/h3-4,7,9H,1-2,5-6,8,10-14H2,(H,22,23,27). The van der Waals surface area contributed by atoms with E-state index in [1.165, 1.54) is 24.2 Å². The number of fused-ring (bicyclic) bond motifs is 1. The monoisotopic (exact) mass is 399 g/mol. The van der Waals surface area contributed by atoms with Crippen LogP contribution in [0.15, 0.2) is 24.4 Å². The van der Waals surface area contributed by atoms with E-state index in [0.717, 1.165) is 49.5 Å². The molecule has 8 heteroatoms. The molecule has 2 aromatic heterocycles. The maximum absolute atomic E-state index is 12.6. The number of likely N-dealkylation sites (tertiary alicyclic amines) is 1. The number of nitrogens with zero attached hydrogens (tertiary/aromatic N) is 4. The number of nitrogens with one attached hydrogen (secondary N) is 1. The number of hydrogen-bond donors (Lipinski definition) is 1. The molecule has 1 fully saturated rings. The third kappa shape index (κ3) is 4.56. The van der Waals surface area contributed by atoms with E-state index in [-0.39, 0.29) is 11.8 Å². The van der Waals surface area contributed by atoms with Crippen molar-refractivity contribution >= 4 is 28.3 Å².